The second-order valence-corrected chi connectivity index (χ2v) is 18.9. The van der Waals surface area contributed by atoms with Crippen LogP contribution < -0.4 is 10.1 Å². The van der Waals surface area contributed by atoms with Crippen molar-refractivity contribution >= 4 is 35.9 Å². The molecule has 0 spiro atoms. The van der Waals surface area contributed by atoms with Crippen LogP contribution in [0.2, 0.25) is 0 Å². The number of hydrogen-bond donors (Lipinski definition) is 3. The second-order valence-electron chi connectivity index (χ2n) is 18.9. The summed E-state index contributed by atoms with van der Waals surface area (Å²) >= 11 is 0. The van der Waals surface area contributed by atoms with Gasteiger partial charge in [0.25, 0.3) is 0 Å². The normalized spacial score (nSPS) is 26.9. The van der Waals surface area contributed by atoms with Crippen molar-refractivity contribution in [2.24, 2.45) is 5.92 Å². The third kappa shape index (κ3) is 12.3. The lowest BCUT2D eigenvalue weighted by atomic mass is 9.75. The number of fused-ring (bicyclic) bond motifs is 4. The van der Waals surface area contributed by atoms with Crippen LogP contribution in [0.5, 0.6) is 5.75 Å². The molecule has 2 aliphatic heterocycles. The van der Waals surface area contributed by atoms with Gasteiger partial charge in [-0.1, -0.05) is 63.8 Å². The maximum Gasteiger partial charge on any atom is 0.407 e. The number of benzene rings is 1. The number of methoxy groups -OCH3 is 1. The fraction of sp³-hybridized carbons (Fsp3) is 0.647. The van der Waals surface area contributed by atoms with Crippen molar-refractivity contribution in [2.75, 3.05) is 20.4 Å². The average Bonchev–Trinajstić information content (AvgIpc) is 3.62. The molecule has 0 radical (unpaired) electrons. The Labute approximate surface area is 399 Å². The molecule has 8 unspecified atom stereocenters. The molecule has 1 aromatic rings. The third-order valence-corrected chi connectivity index (χ3v) is 13.6. The SMILES string of the molecule is C=C(C)C(C)(C)OC(=O)NCCCCCc1cc(CCC(=O)OC2CC(OC(C)=O)C3C(=C4CC(=CC)C(=O)OC4C3OC(=O)CCCCCCC)C3OC(=O)C(C)(O)C23O)ccc1OCOC. The van der Waals surface area contributed by atoms with E-state index in [4.69, 9.17) is 37.9 Å². The Balaban J connectivity index is 1.36. The second kappa shape index (κ2) is 23.4. The van der Waals surface area contributed by atoms with Gasteiger partial charge in [0, 0.05) is 51.8 Å². The van der Waals surface area contributed by atoms with Crippen LogP contribution in [0.3, 0.4) is 0 Å². The number of hydrogen-bond acceptors (Lipinski definition) is 16. The van der Waals surface area contributed by atoms with Gasteiger partial charge in [0.15, 0.2) is 36.3 Å². The number of alkyl carbamates (subject to hydrolysis) is 1. The minimum absolute atomic E-state index is 0.0185. The van der Waals surface area contributed by atoms with Gasteiger partial charge in [-0.05, 0) is 101 Å². The molecule has 376 valence electrons. The molecule has 5 rings (SSSR count). The van der Waals surface area contributed by atoms with E-state index in [-0.39, 0.29) is 43.6 Å². The number of carbonyl (C=O) groups excluding carboxylic acids is 6. The maximum absolute atomic E-state index is 14.0. The lowest BCUT2D eigenvalue weighted by Gasteiger charge is -2.40. The molecule has 3 N–H and O–H groups in total. The van der Waals surface area contributed by atoms with Crippen molar-refractivity contribution in [3.8, 4) is 5.75 Å². The number of esters is 5. The number of unbranched alkanes of at least 4 members (excludes halogenated alkanes) is 6. The number of amides is 1. The molecule has 17 heteroatoms. The van der Waals surface area contributed by atoms with Gasteiger partial charge in [-0.15, -0.1) is 0 Å². The molecule has 17 nitrogen and oxygen atoms in total. The highest BCUT2D eigenvalue weighted by atomic mass is 16.7. The van der Waals surface area contributed by atoms with Crippen LogP contribution >= 0.6 is 0 Å². The molecule has 1 amide bonds. The number of rotatable bonds is 23. The Morgan fingerprint density at radius 2 is 1.65 bits per heavy atom. The van der Waals surface area contributed by atoms with E-state index in [1.54, 1.807) is 45.9 Å². The molecular weight excluding hydrogens is 883 g/mol. The van der Waals surface area contributed by atoms with E-state index in [9.17, 15) is 39.0 Å². The van der Waals surface area contributed by atoms with Gasteiger partial charge < -0.3 is 53.4 Å². The molecule has 8 atom stereocenters. The van der Waals surface area contributed by atoms with E-state index in [1.807, 2.05) is 6.07 Å². The number of aliphatic hydroxyl groups is 2. The van der Waals surface area contributed by atoms with E-state index in [2.05, 4.69) is 18.8 Å². The predicted molar refractivity (Wildman–Crippen MR) is 246 cm³/mol. The highest BCUT2D eigenvalue weighted by molar-refractivity contribution is 5.91. The average molecular weight is 954 g/mol. The summed E-state index contributed by atoms with van der Waals surface area (Å²) < 4.78 is 46.2. The van der Waals surface area contributed by atoms with Gasteiger partial charge in [0.05, 0.1) is 5.92 Å². The molecule has 1 aromatic carbocycles. The molecule has 2 aliphatic carbocycles. The van der Waals surface area contributed by atoms with Crippen LogP contribution in [0.4, 0.5) is 4.79 Å². The van der Waals surface area contributed by atoms with Crippen molar-refractivity contribution in [2.45, 2.75) is 186 Å². The van der Waals surface area contributed by atoms with Crippen molar-refractivity contribution in [3.05, 3.63) is 64.3 Å². The lowest BCUT2D eigenvalue weighted by Crippen LogP contribution is -2.64. The number of carbonyl (C=O) groups is 6. The monoisotopic (exact) mass is 953 g/mol. The summed E-state index contributed by atoms with van der Waals surface area (Å²) in [6.07, 6.45) is 0.627. The fourth-order valence-electron chi connectivity index (χ4n) is 9.34. The first-order valence-electron chi connectivity index (χ1n) is 23.9. The zero-order valence-corrected chi connectivity index (χ0v) is 40.9. The van der Waals surface area contributed by atoms with Crippen LogP contribution in [-0.4, -0.2) is 114 Å². The Morgan fingerprint density at radius 1 is 0.941 bits per heavy atom. The fourth-order valence-corrected chi connectivity index (χ4v) is 9.34. The summed E-state index contributed by atoms with van der Waals surface area (Å²) in [4.78, 5) is 79.4. The van der Waals surface area contributed by atoms with E-state index in [0.29, 0.717) is 37.1 Å². The smallest absolute Gasteiger partial charge is 0.407 e. The molecule has 68 heavy (non-hydrogen) atoms. The molecular formula is C51H71NO16. The standard InChI is InChI=1S/C51H71NO16/c1-10-12-13-14-17-20-39(54)65-44-42-37(63-31(5)53)28-38(51(60)45(67-47(57)50(51,8)59)41(42)35-27-33(11-2)46(56)66-43(35)44)64-40(55)24-22-32-21-23-36(62-29-61-9)34(26-32)19-16-15-18-25-52-48(58)68-49(6,7)30(3)4/h11,21,23,26,37-38,42-45,59-60H,3,10,12-20,22,24-25,27-29H2,1-2,4-9H3,(H,52,58). The van der Waals surface area contributed by atoms with E-state index < -0.39 is 95.6 Å². The summed E-state index contributed by atoms with van der Waals surface area (Å²) in [5.74, 6) is -4.52. The Kier molecular flexibility index (Phi) is 18.4. The Morgan fingerprint density at radius 3 is 2.32 bits per heavy atom. The largest absolute Gasteiger partial charge is 0.467 e. The zero-order valence-electron chi connectivity index (χ0n) is 40.9. The molecule has 2 heterocycles. The van der Waals surface area contributed by atoms with Crippen LogP contribution in [0, 0.1) is 5.92 Å². The van der Waals surface area contributed by atoms with Crippen LogP contribution in [0.1, 0.15) is 137 Å². The van der Waals surface area contributed by atoms with Crippen LogP contribution in [0.25, 0.3) is 0 Å². The van der Waals surface area contributed by atoms with Gasteiger partial charge in [-0.3, -0.25) is 14.4 Å². The summed E-state index contributed by atoms with van der Waals surface area (Å²) in [6, 6.07) is 5.51. The molecule has 4 aliphatic rings. The van der Waals surface area contributed by atoms with Gasteiger partial charge in [-0.25, -0.2) is 14.4 Å². The molecule has 3 fully saturated rings. The Bertz CT molecular complexity index is 2110. The van der Waals surface area contributed by atoms with Gasteiger partial charge in [-0.2, -0.15) is 0 Å². The van der Waals surface area contributed by atoms with Crippen molar-refractivity contribution in [1.82, 2.24) is 5.32 Å². The highest BCUT2D eigenvalue weighted by Gasteiger charge is 2.75. The summed E-state index contributed by atoms with van der Waals surface area (Å²) in [7, 11) is 1.51. The summed E-state index contributed by atoms with van der Waals surface area (Å²) in [5.41, 5.74) is -2.97. The van der Waals surface area contributed by atoms with Crippen molar-refractivity contribution < 1.29 is 76.9 Å². The van der Waals surface area contributed by atoms with E-state index in [1.165, 1.54) is 14.0 Å². The highest BCUT2D eigenvalue weighted by Crippen LogP contribution is 2.56. The molecule has 2 saturated heterocycles. The first-order chi connectivity index (χ1) is 32.2. The van der Waals surface area contributed by atoms with Gasteiger partial charge in [0.1, 0.15) is 23.6 Å². The number of ether oxygens (including phenoxy) is 8. The number of aryl methyl sites for hydroxylation is 2. The minimum Gasteiger partial charge on any atom is -0.467 e. The minimum atomic E-state index is -2.66. The molecule has 0 aromatic heterocycles. The number of nitrogens with one attached hydrogen (secondary N) is 1. The van der Waals surface area contributed by atoms with Crippen molar-refractivity contribution in [3.63, 3.8) is 0 Å². The molecule has 0 bridgehead atoms. The first kappa shape index (κ1) is 53.7. The maximum atomic E-state index is 14.0. The van der Waals surface area contributed by atoms with E-state index >= 15 is 0 Å². The van der Waals surface area contributed by atoms with Crippen LogP contribution in [-0.2, 0) is 70.0 Å². The summed E-state index contributed by atoms with van der Waals surface area (Å²) in [5, 5.41) is 27.5. The molecule has 1 saturated carbocycles. The first-order valence-corrected chi connectivity index (χ1v) is 23.9. The van der Waals surface area contributed by atoms with E-state index in [0.717, 1.165) is 62.1 Å². The van der Waals surface area contributed by atoms with Gasteiger partial charge >= 0.3 is 35.9 Å². The quantitative estimate of drug-likeness (QED) is 0.0265. The zero-order chi connectivity index (χ0) is 50.0. The van der Waals surface area contributed by atoms with Gasteiger partial charge in [0.2, 0.25) is 0 Å². The summed E-state index contributed by atoms with van der Waals surface area (Å²) in [6.45, 7) is 15.6. The predicted octanol–water partition coefficient (Wildman–Crippen LogP) is 6.51. The van der Waals surface area contributed by atoms with Crippen LogP contribution in [0.15, 0.2) is 53.1 Å². The van der Waals surface area contributed by atoms with Crippen molar-refractivity contribution in [1.29, 1.82) is 0 Å². The lowest BCUT2D eigenvalue weighted by molar-refractivity contribution is -0.206. The Hall–Kier alpha value is -5.26. The third-order valence-electron chi connectivity index (χ3n) is 13.6. The number of allylic oxidation sites excluding steroid dienone is 1. The topological polar surface area (TPSA) is 229 Å².